The molecule has 0 fully saturated rings. The van der Waals surface area contributed by atoms with E-state index in [0.717, 1.165) is 21.3 Å². The Morgan fingerprint density at radius 2 is 1.67 bits per heavy atom. The number of nitrogens with zero attached hydrogens (tertiary/aromatic N) is 3. The second kappa shape index (κ2) is 12.4. The van der Waals surface area contributed by atoms with Crippen LogP contribution in [0.1, 0.15) is 27.3 Å². The molecule has 4 rings (SSSR count). The fraction of sp³-hybridized carbons (Fsp3) is 0.154. The predicted octanol–water partition coefficient (Wildman–Crippen LogP) is 4.53. The largest absolute Gasteiger partial charge is 0.486 e. The molecule has 0 aliphatic rings. The Hall–Kier alpha value is -3.63. The number of thioether (sulfide) groups is 1. The number of benzene rings is 3. The number of rotatable bonds is 9. The van der Waals surface area contributed by atoms with Crippen LogP contribution < -0.4 is 15.6 Å². The topological polar surface area (TPSA) is 98.1 Å². The second-order valence-electron chi connectivity index (χ2n) is 7.87. The van der Waals surface area contributed by atoms with Crippen molar-refractivity contribution in [2.45, 2.75) is 25.2 Å². The van der Waals surface area contributed by atoms with Gasteiger partial charge in [-0.05, 0) is 48.9 Å². The number of nitrogens with one attached hydrogen (secondary N) is 2. The molecule has 0 atom stereocenters. The second-order valence-corrected chi connectivity index (χ2v) is 9.73. The molecule has 36 heavy (non-hydrogen) atoms. The van der Waals surface area contributed by atoms with E-state index in [1.807, 2.05) is 66.1 Å². The van der Waals surface area contributed by atoms with E-state index in [1.165, 1.54) is 11.8 Å². The third-order valence-corrected chi connectivity index (χ3v) is 6.62. The Bertz CT molecular complexity index is 1310. The Kier molecular flexibility index (Phi) is 8.75. The summed E-state index contributed by atoms with van der Waals surface area (Å²) in [6, 6.07) is 24.6. The van der Waals surface area contributed by atoms with Crippen molar-refractivity contribution in [3.63, 3.8) is 0 Å². The molecule has 0 aliphatic carbocycles. The quantitative estimate of drug-likeness (QED) is 0.228. The molecule has 2 amide bonds. The molecule has 8 nitrogen and oxygen atoms in total. The first-order valence-electron chi connectivity index (χ1n) is 11.1. The van der Waals surface area contributed by atoms with E-state index < -0.39 is 5.91 Å². The summed E-state index contributed by atoms with van der Waals surface area (Å²) in [6.45, 7) is 2.79. The monoisotopic (exact) mass is 565 g/mol. The van der Waals surface area contributed by atoms with Crippen LogP contribution in [-0.4, -0.2) is 32.3 Å². The molecule has 3 aromatic carbocycles. The van der Waals surface area contributed by atoms with Gasteiger partial charge in [0.15, 0.2) is 11.0 Å². The van der Waals surface area contributed by atoms with Crippen molar-refractivity contribution in [3.8, 4) is 5.75 Å². The van der Waals surface area contributed by atoms with E-state index >= 15 is 0 Å². The molecular weight excluding hydrogens is 542 g/mol. The number of carbonyl (C=O) groups is 2. The summed E-state index contributed by atoms with van der Waals surface area (Å²) >= 11 is 4.56. The van der Waals surface area contributed by atoms with Crippen LogP contribution in [0.3, 0.4) is 0 Å². The number of ether oxygens (including phenoxy) is 1. The third-order valence-electron chi connectivity index (χ3n) is 5.12. The highest BCUT2D eigenvalue weighted by molar-refractivity contribution is 9.10. The number of amides is 2. The number of hydrogen-bond acceptors (Lipinski definition) is 6. The lowest BCUT2D eigenvalue weighted by molar-refractivity contribution is -0.119. The molecule has 0 spiro atoms. The molecule has 0 saturated heterocycles. The van der Waals surface area contributed by atoms with Gasteiger partial charge in [0.25, 0.3) is 5.91 Å². The van der Waals surface area contributed by atoms with Gasteiger partial charge in [0, 0.05) is 10.0 Å². The van der Waals surface area contributed by atoms with Crippen molar-refractivity contribution in [1.29, 1.82) is 0 Å². The van der Waals surface area contributed by atoms with Crippen LogP contribution >= 0.6 is 27.7 Å². The van der Waals surface area contributed by atoms with Crippen LogP contribution in [0.4, 0.5) is 0 Å². The molecule has 0 radical (unpaired) electrons. The lowest BCUT2D eigenvalue weighted by Crippen LogP contribution is -2.42. The van der Waals surface area contributed by atoms with Gasteiger partial charge in [-0.3, -0.25) is 25.0 Å². The van der Waals surface area contributed by atoms with E-state index in [0.29, 0.717) is 23.1 Å². The Balaban J connectivity index is 1.38. The minimum atomic E-state index is -0.399. The first-order valence-corrected chi connectivity index (χ1v) is 12.9. The van der Waals surface area contributed by atoms with Gasteiger partial charge in [-0.25, -0.2) is 0 Å². The zero-order valence-corrected chi connectivity index (χ0v) is 21.9. The third kappa shape index (κ3) is 7.19. The van der Waals surface area contributed by atoms with Crippen LogP contribution in [0.2, 0.25) is 0 Å². The first-order chi connectivity index (χ1) is 17.5. The number of hydrogen-bond donors (Lipinski definition) is 2. The molecule has 0 bridgehead atoms. The molecular formula is C26H24BrN5O3S. The van der Waals surface area contributed by atoms with Gasteiger partial charge in [0.05, 0.1) is 12.3 Å². The summed E-state index contributed by atoms with van der Waals surface area (Å²) in [7, 11) is 0. The normalized spacial score (nSPS) is 10.6. The molecule has 184 valence electrons. The van der Waals surface area contributed by atoms with Crippen molar-refractivity contribution in [1.82, 2.24) is 25.6 Å². The highest BCUT2D eigenvalue weighted by Gasteiger charge is 2.16. The molecule has 0 unspecified atom stereocenters. The van der Waals surface area contributed by atoms with Gasteiger partial charge < -0.3 is 4.74 Å². The Morgan fingerprint density at radius 1 is 0.944 bits per heavy atom. The zero-order valence-electron chi connectivity index (χ0n) is 19.5. The number of halogens is 1. The number of aryl methyl sites for hydroxylation is 1. The van der Waals surface area contributed by atoms with E-state index in [4.69, 9.17) is 4.74 Å². The molecule has 4 aromatic rings. The first kappa shape index (κ1) is 25.5. The number of carbonyl (C=O) groups excluding carboxylic acids is 2. The van der Waals surface area contributed by atoms with Crippen molar-refractivity contribution in [2.75, 3.05) is 5.75 Å². The standard InChI is InChI=1S/C26H24BrN5O3S/c1-18-7-13-22(14-8-18)35-16-23-28-31-26(32(23)15-19-5-3-2-4-6-19)36-17-24(33)29-30-25(34)20-9-11-21(27)12-10-20/h2-14H,15-17H2,1H3,(H,29,33)(H,30,34). The lowest BCUT2D eigenvalue weighted by atomic mass is 10.2. The molecule has 1 heterocycles. The number of hydrazine groups is 1. The maximum atomic E-state index is 12.4. The summed E-state index contributed by atoms with van der Waals surface area (Å²) in [5.74, 6) is 0.670. The molecule has 1 aromatic heterocycles. The van der Waals surface area contributed by atoms with Gasteiger partial charge in [-0.2, -0.15) is 0 Å². The summed E-state index contributed by atoms with van der Waals surface area (Å²) in [5.41, 5.74) is 7.53. The molecule has 10 heteroatoms. The van der Waals surface area contributed by atoms with Crippen molar-refractivity contribution < 1.29 is 14.3 Å². The maximum absolute atomic E-state index is 12.4. The molecule has 0 saturated carbocycles. The lowest BCUT2D eigenvalue weighted by Gasteiger charge is -2.12. The fourth-order valence-corrected chi connectivity index (χ4v) is 4.23. The van der Waals surface area contributed by atoms with Gasteiger partial charge in [-0.15, -0.1) is 10.2 Å². The van der Waals surface area contributed by atoms with E-state index in [9.17, 15) is 9.59 Å². The van der Waals surface area contributed by atoms with Crippen LogP contribution in [0, 0.1) is 6.92 Å². The summed E-state index contributed by atoms with van der Waals surface area (Å²) < 4.78 is 8.71. The summed E-state index contributed by atoms with van der Waals surface area (Å²) in [6.07, 6.45) is 0. The van der Waals surface area contributed by atoms with Gasteiger partial charge in [0.2, 0.25) is 5.91 Å². The van der Waals surface area contributed by atoms with Crippen molar-refractivity contribution >= 4 is 39.5 Å². The Morgan fingerprint density at radius 3 is 2.39 bits per heavy atom. The summed E-state index contributed by atoms with van der Waals surface area (Å²) in [4.78, 5) is 24.6. The average Bonchev–Trinajstić information content (AvgIpc) is 3.27. The molecule has 2 N–H and O–H groups in total. The van der Waals surface area contributed by atoms with Gasteiger partial charge in [-0.1, -0.05) is 75.7 Å². The van der Waals surface area contributed by atoms with Crippen LogP contribution in [-0.2, 0) is 17.9 Å². The molecule has 0 aliphatic heterocycles. The highest BCUT2D eigenvalue weighted by Crippen LogP contribution is 2.20. The van der Waals surface area contributed by atoms with Crippen molar-refractivity contribution in [2.24, 2.45) is 0 Å². The SMILES string of the molecule is Cc1ccc(OCc2nnc(SCC(=O)NNC(=O)c3ccc(Br)cc3)n2Cc2ccccc2)cc1. The van der Waals surface area contributed by atoms with E-state index in [2.05, 4.69) is 37.0 Å². The minimum absolute atomic E-state index is 0.0480. The van der Waals surface area contributed by atoms with E-state index in [1.54, 1.807) is 24.3 Å². The van der Waals surface area contributed by atoms with Crippen LogP contribution in [0.25, 0.3) is 0 Å². The summed E-state index contributed by atoms with van der Waals surface area (Å²) in [5, 5.41) is 9.17. The van der Waals surface area contributed by atoms with Gasteiger partial charge >= 0.3 is 0 Å². The van der Waals surface area contributed by atoms with Gasteiger partial charge in [0.1, 0.15) is 12.4 Å². The maximum Gasteiger partial charge on any atom is 0.269 e. The van der Waals surface area contributed by atoms with Crippen molar-refractivity contribution in [3.05, 3.63) is 106 Å². The predicted molar refractivity (Wildman–Crippen MR) is 142 cm³/mol. The highest BCUT2D eigenvalue weighted by atomic mass is 79.9. The number of aromatic nitrogens is 3. The van der Waals surface area contributed by atoms with Crippen LogP contribution in [0.5, 0.6) is 5.75 Å². The fourth-order valence-electron chi connectivity index (χ4n) is 3.21. The minimum Gasteiger partial charge on any atom is -0.486 e. The average molecular weight is 566 g/mol. The van der Waals surface area contributed by atoms with Crippen LogP contribution in [0.15, 0.2) is 88.5 Å². The Labute approximate surface area is 221 Å². The smallest absolute Gasteiger partial charge is 0.269 e. The zero-order chi connectivity index (χ0) is 25.3. The van der Waals surface area contributed by atoms with E-state index in [-0.39, 0.29) is 18.3 Å².